The molecule has 7 nitrogen and oxygen atoms in total. The SMILES string of the molecule is C=C(OCC)c1nncc(C#CC(O)C23CC(C(=O)OC)(C2)C3)c1C(C)CO[Si](C)(C)C(C)(C)C. The summed E-state index contributed by atoms with van der Waals surface area (Å²) in [6.07, 6.45) is 2.65. The zero-order valence-electron chi connectivity index (χ0n) is 22.4. The Kier molecular flexibility index (Phi) is 7.57. The van der Waals surface area contributed by atoms with Crippen molar-refractivity contribution >= 4 is 20.0 Å². The van der Waals surface area contributed by atoms with E-state index in [-0.39, 0.29) is 22.3 Å². The van der Waals surface area contributed by atoms with E-state index in [2.05, 4.69) is 69.4 Å². The normalized spacial score (nSPS) is 24.7. The van der Waals surface area contributed by atoms with Gasteiger partial charge in [0.1, 0.15) is 17.6 Å². The van der Waals surface area contributed by atoms with E-state index in [1.165, 1.54) is 7.11 Å². The minimum absolute atomic E-state index is 0.0363. The zero-order valence-corrected chi connectivity index (χ0v) is 23.4. The molecule has 1 aromatic heterocycles. The highest BCUT2D eigenvalue weighted by Crippen LogP contribution is 2.75. The van der Waals surface area contributed by atoms with Gasteiger partial charge in [0.2, 0.25) is 0 Å². The third-order valence-electron chi connectivity index (χ3n) is 8.08. The Balaban J connectivity index is 1.86. The molecule has 0 spiro atoms. The van der Waals surface area contributed by atoms with E-state index in [0.29, 0.717) is 49.5 Å². The first kappa shape index (κ1) is 27.4. The van der Waals surface area contributed by atoms with E-state index < -0.39 is 19.8 Å². The minimum Gasteiger partial charge on any atom is -0.492 e. The summed E-state index contributed by atoms with van der Waals surface area (Å²) in [6.45, 7) is 20.1. The van der Waals surface area contributed by atoms with Crippen molar-refractivity contribution in [3.05, 3.63) is 29.6 Å². The van der Waals surface area contributed by atoms with Gasteiger partial charge in [0.15, 0.2) is 8.32 Å². The van der Waals surface area contributed by atoms with E-state index in [0.717, 1.165) is 5.56 Å². The first-order chi connectivity index (χ1) is 16.2. The van der Waals surface area contributed by atoms with Crippen molar-refractivity contribution in [1.82, 2.24) is 10.2 Å². The molecule has 1 heterocycles. The van der Waals surface area contributed by atoms with Gasteiger partial charge >= 0.3 is 5.97 Å². The number of aliphatic hydroxyl groups excluding tert-OH is 1. The molecule has 3 aliphatic rings. The van der Waals surface area contributed by atoms with Gasteiger partial charge in [-0.25, -0.2) is 0 Å². The second kappa shape index (κ2) is 9.68. The number of esters is 1. The molecule has 1 aromatic rings. The van der Waals surface area contributed by atoms with Crippen LogP contribution < -0.4 is 0 Å². The standard InChI is InChI=1S/C27H40N2O5Si/c1-10-33-19(3)23-22(18(2)14-34-35(8,9)25(4,5)6)20(13-28-29-23)11-12-21(30)26-15-27(16-26,17-26)24(31)32-7/h13,18,21,30H,3,10,14-17H2,1-2,4-9H3. The molecule has 2 atom stereocenters. The van der Waals surface area contributed by atoms with Gasteiger partial charge in [0.25, 0.3) is 0 Å². The highest BCUT2D eigenvalue weighted by molar-refractivity contribution is 6.74. The van der Waals surface area contributed by atoms with Crippen molar-refractivity contribution in [2.24, 2.45) is 10.8 Å². The molecule has 0 radical (unpaired) electrons. The molecule has 3 saturated carbocycles. The van der Waals surface area contributed by atoms with Gasteiger partial charge in [0.05, 0.1) is 30.9 Å². The Morgan fingerprint density at radius 1 is 1.31 bits per heavy atom. The number of ether oxygens (including phenoxy) is 2. The summed E-state index contributed by atoms with van der Waals surface area (Å²) in [5.41, 5.74) is 1.36. The molecule has 0 amide bonds. The largest absolute Gasteiger partial charge is 0.492 e. The smallest absolute Gasteiger partial charge is 0.311 e. The molecule has 0 aromatic carbocycles. The lowest BCUT2D eigenvalue weighted by Gasteiger charge is -2.69. The molecular formula is C27H40N2O5Si. The summed E-state index contributed by atoms with van der Waals surface area (Å²) < 4.78 is 17.1. The molecule has 192 valence electrons. The maximum Gasteiger partial charge on any atom is 0.311 e. The Morgan fingerprint density at radius 3 is 2.49 bits per heavy atom. The molecular weight excluding hydrogens is 460 g/mol. The van der Waals surface area contributed by atoms with E-state index in [1.54, 1.807) is 6.20 Å². The molecule has 4 rings (SSSR count). The molecule has 3 aliphatic carbocycles. The van der Waals surface area contributed by atoms with Crippen molar-refractivity contribution in [1.29, 1.82) is 0 Å². The second-order valence-corrected chi connectivity index (χ2v) is 16.5. The molecule has 2 unspecified atom stereocenters. The molecule has 2 bridgehead atoms. The van der Waals surface area contributed by atoms with Gasteiger partial charge in [-0.2, -0.15) is 5.10 Å². The van der Waals surface area contributed by atoms with Crippen LogP contribution in [0.4, 0.5) is 0 Å². The first-order valence-corrected chi connectivity index (χ1v) is 15.2. The fraction of sp³-hybridized carbons (Fsp3) is 0.667. The molecule has 1 N–H and O–H groups in total. The van der Waals surface area contributed by atoms with Crippen LogP contribution in [0.5, 0.6) is 0 Å². The van der Waals surface area contributed by atoms with Gasteiger partial charge < -0.3 is 19.0 Å². The van der Waals surface area contributed by atoms with Crippen LogP contribution in [0.3, 0.4) is 0 Å². The molecule has 35 heavy (non-hydrogen) atoms. The Hall–Kier alpha value is -2.21. The highest BCUT2D eigenvalue weighted by Gasteiger charge is 2.74. The van der Waals surface area contributed by atoms with E-state index >= 15 is 0 Å². The zero-order chi connectivity index (χ0) is 26.2. The third kappa shape index (κ3) is 5.04. The highest BCUT2D eigenvalue weighted by atomic mass is 28.4. The van der Waals surface area contributed by atoms with Crippen LogP contribution in [0, 0.1) is 22.7 Å². The van der Waals surface area contributed by atoms with Crippen LogP contribution in [0.2, 0.25) is 18.1 Å². The topological polar surface area (TPSA) is 90.8 Å². The van der Waals surface area contributed by atoms with Crippen molar-refractivity contribution in [2.75, 3.05) is 20.3 Å². The van der Waals surface area contributed by atoms with Crippen molar-refractivity contribution in [3.8, 4) is 11.8 Å². The van der Waals surface area contributed by atoms with Crippen LogP contribution in [-0.2, 0) is 18.7 Å². The molecule has 3 fully saturated rings. The monoisotopic (exact) mass is 500 g/mol. The summed E-state index contributed by atoms with van der Waals surface area (Å²) in [5.74, 6) is 6.40. The average molecular weight is 501 g/mol. The summed E-state index contributed by atoms with van der Waals surface area (Å²) in [4.78, 5) is 12.0. The fourth-order valence-electron chi connectivity index (χ4n) is 4.96. The number of methoxy groups -OCH3 is 1. The predicted molar refractivity (Wildman–Crippen MR) is 138 cm³/mol. The van der Waals surface area contributed by atoms with Crippen LogP contribution in [0.25, 0.3) is 5.76 Å². The van der Waals surface area contributed by atoms with E-state index in [1.807, 2.05) is 6.92 Å². The van der Waals surface area contributed by atoms with Crippen LogP contribution in [0.1, 0.15) is 76.6 Å². The fourth-order valence-corrected chi connectivity index (χ4v) is 6.06. The van der Waals surface area contributed by atoms with E-state index in [4.69, 9.17) is 13.9 Å². The number of rotatable bonds is 9. The lowest BCUT2D eigenvalue weighted by molar-refractivity contribution is -0.248. The summed E-state index contributed by atoms with van der Waals surface area (Å²) in [6, 6.07) is 0. The van der Waals surface area contributed by atoms with Crippen molar-refractivity contribution in [2.45, 2.75) is 84.0 Å². The minimum atomic E-state index is -1.95. The lowest BCUT2D eigenvalue weighted by atomic mass is 9.33. The molecule has 8 heteroatoms. The number of aliphatic hydroxyl groups is 1. The van der Waals surface area contributed by atoms with Gasteiger partial charge in [-0.05, 0) is 44.3 Å². The number of nitrogens with zero attached hydrogens (tertiary/aromatic N) is 2. The summed E-state index contributed by atoms with van der Waals surface area (Å²) >= 11 is 0. The number of hydrogen-bond acceptors (Lipinski definition) is 7. The maximum atomic E-state index is 12.0. The molecule has 0 saturated heterocycles. The lowest BCUT2D eigenvalue weighted by Crippen LogP contribution is -2.69. The summed E-state index contributed by atoms with van der Waals surface area (Å²) in [5, 5.41) is 19.4. The number of aromatic nitrogens is 2. The van der Waals surface area contributed by atoms with Crippen molar-refractivity contribution < 1.29 is 23.8 Å². The van der Waals surface area contributed by atoms with Crippen molar-refractivity contribution in [3.63, 3.8) is 0 Å². The molecule has 0 aliphatic heterocycles. The van der Waals surface area contributed by atoms with Gasteiger partial charge in [-0.15, -0.1) is 5.10 Å². The Labute approximate surface area is 210 Å². The third-order valence-corrected chi connectivity index (χ3v) is 12.6. The predicted octanol–water partition coefficient (Wildman–Crippen LogP) is 4.66. The van der Waals surface area contributed by atoms with Gasteiger partial charge in [-0.3, -0.25) is 4.79 Å². The average Bonchev–Trinajstić information content (AvgIpc) is 2.73. The second-order valence-electron chi connectivity index (χ2n) is 11.7. The first-order valence-electron chi connectivity index (χ1n) is 12.3. The maximum absolute atomic E-state index is 12.0. The summed E-state index contributed by atoms with van der Waals surface area (Å²) in [7, 11) is -0.544. The van der Waals surface area contributed by atoms with Crippen LogP contribution >= 0.6 is 0 Å². The quantitative estimate of drug-likeness (QED) is 0.228. The van der Waals surface area contributed by atoms with E-state index in [9.17, 15) is 9.90 Å². The van der Waals surface area contributed by atoms with Crippen LogP contribution in [-0.4, -0.2) is 56.0 Å². The Morgan fingerprint density at radius 2 is 1.94 bits per heavy atom. The number of carbonyl (C=O) groups excluding carboxylic acids is 1. The van der Waals surface area contributed by atoms with Crippen LogP contribution in [0.15, 0.2) is 12.8 Å². The number of carbonyl (C=O) groups is 1. The van der Waals surface area contributed by atoms with Gasteiger partial charge in [-0.1, -0.05) is 46.1 Å². The number of hydrogen-bond donors (Lipinski definition) is 1. The Bertz CT molecular complexity index is 1030. The van der Waals surface area contributed by atoms with Gasteiger partial charge in [0, 0.05) is 23.5 Å².